The molecule has 0 saturated heterocycles. The number of hydrogen-bond acceptors (Lipinski definition) is 4. The number of H-pyrrole nitrogens is 1. The van der Waals surface area contributed by atoms with Crippen molar-refractivity contribution >= 4 is 17.3 Å². The number of nitrogens with zero attached hydrogens (tertiary/aromatic N) is 4. The highest BCUT2D eigenvalue weighted by Gasteiger charge is 2.11. The van der Waals surface area contributed by atoms with Crippen LogP contribution < -0.4 is 5.32 Å². The van der Waals surface area contributed by atoms with Gasteiger partial charge in [0.1, 0.15) is 5.82 Å². The third-order valence-corrected chi connectivity index (χ3v) is 5.60. The lowest BCUT2D eigenvalue weighted by atomic mass is 10.2. The zero-order chi connectivity index (χ0) is 19.9. The van der Waals surface area contributed by atoms with Gasteiger partial charge < -0.3 is 15.2 Å². The van der Waals surface area contributed by atoms with Crippen LogP contribution in [0, 0.1) is 0 Å². The summed E-state index contributed by atoms with van der Waals surface area (Å²) in [6.07, 6.45) is 2.76. The van der Waals surface area contributed by atoms with Crippen LogP contribution in [0.5, 0.6) is 0 Å². The van der Waals surface area contributed by atoms with Gasteiger partial charge in [-0.1, -0.05) is 44.2 Å². The highest BCUT2D eigenvalue weighted by molar-refractivity contribution is 7.09. The van der Waals surface area contributed by atoms with Crippen molar-refractivity contribution in [2.45, 2.75) is 32.7 Å². The first-order valence-electron chi connectivity index (χ1n) is 9.52. The maximum absolute atomic E-state index is 4.69. The second-order valence-corrected chi connectivity index (χ2v) is 7.91. The van der Waals surface area contributed by atoms with Crippen molar-refractivity contribution in [1.29, 1.82) is 0 Å². The number of benzene rings is 1. The van der Waals surface area contributed by atoms with Gasteiger partial charge in [0.05, 0.1) is 29.1 Å². The third-order valence-electron chi connectivity index (χ3n) is 4.40. The number of aromatic nitrogens is 3. The van der Waals surface area contributed by atoms with E-state index in [1.165, 1.54) is 5.01 Å². The summed E-state index contributed by atoms with van der Waals surface area (Å²) in [5.41, 5.74) is 3.30. The van der Waals surface area contributed by atoms with Crippen LogP contribution in [-0.2, 0) is 13.0 Å². The molecule has 1 aromatic carbocycles. The van der Waals surface area contributed by atoms with E-state index in [-0.39, 0.29) is 0 Å². The van der Waals surface area contributed by atoms with Crippen LogP contribution >= 0.6 is 11.3 Å². The summed E-state index contributed by atoms with van der Waals surface area (Å²) in [6.45, 7) is 5.80. The van der Waals surface area contributed by atoms with Gasteiger partial charge in [-0.25, -0.2) is 9.97 Å². The van der Waals surface area contributed by atoms with Crippen molar-refractivity contribution in [3.8, 4) is 11.3 Å². The third kappa shape index (κ3) is 5.19. The summed E-state index contributed by atoms with van der Waals surface area (Å²) >= 11 is 1.74. The molecule has 0 aliphatic carbocycles. The Labute approximate surface area is 170 Å². The second kappa shape index (κ2) is 9.50. The Morgan fingerprint density at radius 2 is 2.07 bits per heavy atom. The van der Waals surface area contributed by atoms with Gasteiger partial charge in [0.2, 0.25) is 0 Å². The molecule has 0 saturated carbocycles. The van der Waals surface area contributed by atoms with E-state index in [1.807, 2.05) is 31.4 Å². The Balaban J connectivity index is 1.52. The Bertz CT molecular complexity index is 897. The monoisotopic (exact) mass is 396 g/mol. The van der Waals surface area contributed by atoms with Crippen molar-refractivity contribution in [2.24, 2.45) is 4.99 Å². The van der Waals surface area contributed by atoms with Crippen LogP contribution in [0.4, 0.5) is 0 Å². The SMILES string of the molecule is CN=C(NCCc1csc(C(C)C)n1)N(C)Cc1ncc(-c2ccccc2)[nH]1. The summed E-state index contributed by atoms with van der Waals surface area (Å²) in [7, 11) is 3.82. The van der Waals surface area contributed by atoms with E-state index in [0.717, 1.165) is 41.7 Å². The van der Waals surface area contributed by atoms with Gasteiger partial charge in [-0.15, -0.1) is 11.3 Å². The minimum absolute atomic E-state index is 0.486. The number of nitrogens with one attached hydrogen (secondary N) is 2. The van der Waals surface area contributed by atoms with E-state index in [2.05, 4.69) is 61.5 Å². The number of aliphatic imine (C=N–C) groups is 1. The standard InChI is InChI=1S/C21H28N6S/c1-15(2)20-25-17(14-28-20)10-11-23-21(22-3)27(4)13-19-24-12-18(26-19)16-8-6-5-7-9-16/h5-9,12,14-15H,10-11,13H2,1-4H3,(H,22,23)(H,24,26). The molecule has 0 aliphatic heterocycles. The molecule has 0 bridgehead atoms. The largest absolute Gasteiger partial charge is 0.356 e. The van der Waals surface area contributed by atoms with Crippen molar-refractivity contribution < 1.29 is 0 Å². The lowest BCUT2D eigenvalue weighted by molar-refractivity contribution is 0.464. The fourth-order valence-corrected chi connectivity index (χ4v) is 3.77. The molecule has 2 heterocycles. The summed E-state index contributed by atoms with van der Waals surface area (Å²) in [4.78, 5) is 19.0. The molecule has 148 valence electrons. The van der Waals surface area contributed by atoms with E-state index < -0.39 is 0 Å². The van der Waals surface area contributed by atoms with Gasteiger partial charge in [-0.2, -0.15) is 0 Å². The van der Waals surface area contributed by atoms with Gasteiger partial charge in [0.15, 0.2) is 5.96 Å². The van der Waals surface area contributed by atoms with Gasteiger partial charge in [-0.05, 0) is 5.56 Å². The zero-order valence-corrected chi connectivity index (χ0v) is 17.8. The lowest BCUT2D eigenvalue weighted by Gasteiger charge is -2.20. The van der Waals surface area contributed by atoms with Gasteiger partial charge >= 0.3 is 0 Å². The molecular weight excluding hydrogens is 368 g/mol. The van der Waals surface area contributed by atoms with E-state index >= 15 is 0 Å². The van der Waals surface area contributed by atoms with Crippen LogP contribution in [0.1, 0.15) is 36.3 Å². The predicted octanol–water partition coefficient (Wildman–Crippen LogP) is 3.91. The van der Waals surface area contributed by atoms with Gasteiger partial charge in [-0.3, -0.25) is 4.99 Å². The Hall–Kier alpha value is -2.67. The first-order chi connectivity index (χ1) is 13.6. The molecule has 3 aromatic rings. The predicted molar refractivity (Wildman–Crippen MR) is 117 cm³/mol. The van der Waals surface area contributed by atoms with Crippen LogP contribution in [0.3, 0.4) is 0 Å². The maximum atomic E-state index is 4.69. The first-order valence-corrected chi connectivity index (χ1v) is 10.4. The van der Waals surface area contributed by atoms with E-state index in [4.69, 9.17) is 0 Å². The topological polar surface area (TPSA) is 69.2 Å². The average molecular weight is 397 g/mol. The van der Waals surface area contributed by atoms with Gasteiger partial charge in [0, 0.05) is 38.4 Å². The number of guanidine groups is 1. The molecule has 2 N–H and O–H groups in total. The van der Waals surface area contributed by atoms with Gasteiger partial charge in [0.25, 0.3) is 0 Å². The minimum Gasteiger partial charge on any atom is -0.356 e. The van der Waals surface area contributed by atoms with Crippen molar-refractivity contribution in [3.05, 3.63) is 58.4 Å². The number of hydrogen-bond donors (Lipinski definition) is 2. The molecule has 0 aliphatic rings. The van der Waals surface area contributed by atoms with E-state index in [9.17, 15) is 0 Å². The highest BCUT2D eigenvalue weighted by atomic mass is 32.1. The maximum Gasteiger partial charge on any atom is 0.193 e. The number of imidazole rings is 1. The quantitative estimate of drug-likeness (QED) is 0.469. The van der Waals surface area contributed by atoms with E-state index in [1.54, 1.807) is 18.4 Å². The van der Waals surface area contributed by atoms with Crippen molar-refractivity contribution in [2.75, 3.05) is 20.6 Å². The molecule has 7 heteroatoms. The minimum atomic E-state index is 0.486. The molecule has 0 atom stereocenters. The summed E-state index contributed by atoms with van der Waals surface area (Å²) < 4.78 is 0. The average Bonchev–Trinajstić information content (AvgIpc) is 3.35. The number of thiazole rings is 1. The highest BCUT2D eigenvalue weighted by Crippen LogP contribution is 2.19. The van der Waals surface area contributed by atoms with Crippen molar-refractivity contribution in [3.63, 3.8) is 0 Å². The summed E-state index contributed by atoms with van der Waals surface area (Å²) in [5, 5.41) is 6.76. The Morgan fingerprint density at radius 1 is 1.29 bits per heavy atom. The van der Waals surface area contributed by atoms with E-state index in [0.29, 0.717) is 12.5 Å². The molecule has 0 radical (unpaired) electrons. The lowest BCUT2D eigenvalue weighted by Crippen LogP contribution is -2.39. The van der Waals surface area contributed by atoms with Crippen LogP contribution in [0.2, 0.25) is 0 Å². The fourth-order valence-electron chi connectivity index (χ4n) is 2.90. The molecular formula is C21H28N6S. The molecule has 0 fully saturated rings. The van der Waals surface area contributed by atoms with Crippen LogP contribution in [0.15, 0.2) is 46.9 Å². The molecule has 3 rings (SSSR count). The number of rotatable bonds is 7. The van der Waals surface area contributed by atoms with Crippen molar-refractivity contribution in [1.82, 2.24) is 25.2 Å². The van der Waals surface area contributed by atoms with Crippen LogP contribution in [0.25, 0.3) is 11.3 Å². The Kier molecular flexibility index (Phi) is 6.81. The first kappa shape index (κ1) is 20.1. The molecule has 2 aromatic heterocycles. The Morgan fingerprint density at radius 3 is 2.75 bits per heavy atom. The molecule has 6 nitrogen and oxygen atoms in total. The molecule has 28 heavy (non-hydrogen) atoms. The molecule has 0 amide bonds. The molecule has 0 unspecified atom stereocenters. The fraction of sp³-hybridized carbons (Fsp3) is 0.381. The normalized spacial score (nSPS) is 11.8. The van der Waals surface area contributed by atoms with Crippen LogP contribution in [-0.4, -0.2) is 46.5 Å². The number of aromatic amines is 1. The summed E-state index contributed by atoms with van der Waals surface area (Å²) in [6, 6.07) is 10.2. The smallest absolute Gasteiger partial charge is 0.193 e. The molecule has 0 spiro atoms. The second-order valence-electron chi connectivity index (χ2n) is 7.02. The summed E-state index contributed by atoms with van der Waals surface area (Å²) in [5.74, 6) is 2.24. The zero-order valence-electron chi connectivity index (χ0n) is 16.9.